The van der Waals surface area contributed by atoms with Crippen molar-refractivity contribution in [2.75, 3.05) is 50.1 Å². The van der Waals surface area contributed by atoms with Gasteiger partial charge in [0.15, 0.2) is 0 Å². The molecule has 0 spiro atoms. The lowest BCUT2D eigenvalue weighted by atomic mass is 10.2. The van der Waals surface area contributed by atoms with Crippen molar-refractivity contribution < 1.29 is 0 Å². The summed E-state index contributed by atoms with van der Waals surface area (Å²) in [5, 5.41) is 3.39. The van der Waals surface area contributed by atoms with E-state index in [1.54, 1.807) is 0 Å². The third-order valence-electron chi connectivity index (χ3n) is 3.72. The summed E-state index contributed by atoms with van der Waals surface area (Å²) in [6.07, 6.45) is 3.47. The van der Waals surface area contributed by atoms with Crippen LogP contribution in [0.5, 0.6) is 0 Å². The highest BCUT2D eigenvalue weighted by Crippen LogP contribution is 2.30. The molecule has 1 saturated heterocycles. The van der Waals surface area contributed by atoms with E-state index >= 15 is 0 Å². The zero-order valence-corrected chi connectivity index (χ0v) is 11.2. The van der Waals surface area contributed by atoms with Gasteiger partial charge in [-0.15, -0.1) is 0 Å². The minimum absolute atomic E-state index is 0.851. The molecule has 0 atom stereocenters. The summed E-state index contributed by atoms with van der Waals surface area (Å²) >= 11 is 0. The highest BCUT2D eigenvalue weighted by molar-refractivity contribution is 5.55. The van der Waals surface area contributed by atoms with Crippen LogP contribution in [0, 0.1) is 0 Å². The number of hydrogen-bond acceptors (Lipinski definition) is 5. The van der Waals surface area contributed by atoms with Gasteiger partial charge in [-0.1, -0.05) is 0 Å². The van der Waals surface area contributed by atoms with Crippen molar-refractivity contribution in [1.82, 2.24) is 15.3 Å². The van der Waals surface area contributed by atoms with E-state index in [1.165, 1.54) is 23.5 Å². The first-order valence-corrected chi connectivity index (χ1v) is 6.78. The number of aromatic nitrogens is 2. The number of fused-ring (bicyclic) bond motifs is 1. The van der Waals surface area contributed by atoms with E-state index in [1.807, 2.05) is 19.0 Å². The summed E-state index contributed by atoms with van der Waals surface area (Å²) in [5.41, 5.74) is 2.66. The maximum absolute atomic E-state index is 4.78. The Labute approximate surface area is 108 Å². The number of hydrogen-bond donors (Lipinski definition) is 1. The standard InChI is InChI=1S/C13H21N5/c1-17(2)13-15-11-5-3-4-10(11)12(16-13)18-8-6-14-7-9-18/h14H,3-9H2,1-2H3. The molecule has 3 rings (SSSR count). The van der Waals surface area contributed by atoms with Crippen molar-refractivity contribution in [2.24, 2.45) is 0 Å². The molecule has 0 bridgehead atoms. The number of nitrogens with one attached hydrogen (secondary N) is 1. The normalized spacial score (nSPS) is 18.9. The first-order valence-electron chi connectivity index (χ1n) is 6.78. The second-order valence-corrected chi connectivity index (χ2v) is 5.26. The summed E-state index contributed by atoms with van der Waals surface area (Å²) in [4.78, 5) is 13.9. The van der Waals surface area contributed by atoms with Gasteiger partial charge in [-0.25, -0.2) is 4.98 Å². The molecule has 1 aromatic rings. The van der Waals surface area contributed by atoms with Crippen LogP contribution in [0.3, 0.4) is 0 Å². The molecule has 0 amide bonds. The SMILES string of the molecule is CN(C)c1nc2c(c(N3CCNCC3)n1)CCC2. The van der Waals surface area contributed by atoms with Gasteiger partial charge in [0.1, 0.15) is 5.82 Å². The van der Waals surface area contributed by atoms with E-state index in [4.69, 9.17) is 4.98 Å². The third kappa shape index (κ3) is 2.03. The average molecular weight is 247 g/mol. The predicted octanol–water partition coefficient (Wildman–Crippen LogP) is 0.441. The molecule has 2 aliphatic rings. The fourth-order valence-electron chi connectivity index (χ4n) is 2.74. The second-order valence-electron chi connectivity index (χ2n) is 5.26. The molecule has 1 N–H and O–H groups in total. The molecule has 0 radical (unpaired) electrons. The Morgan fingerprint density at radius 3 is 2.61 bits per heavy atom. The number of aryl methyl sites for hydroxylation is 1. The third-order valence-corrected chi connectivity index (χ3v) is 3.72. The number of rotatable bonds is 2. The fourth-order valence-corrected chi connectivity index (χ4v) is 2.74. The minimum atomic E-state index is 0.851. The molecule has 1 aliphatic heterocycles. The van der Waals surface area contributed by atoms with E-state index in [9.17, 15) is 0 Å². The zero-order valence-electron chi connectivity index (χ0n) is 11.2. The molecule has 0 saturated carbocycles. The summed E-state index contributed by atoms with van der Waals surface area (Å²) in [6, 6.07) is 0. The average Bonchev–Trinajstić information content (AvgIpc) is 2.86. The van der Waals surface area contributed by atoms with Gasteiger partial charge in [0.25, 0.3) is 0 Å². The van der Waals surface area contributed by atoms with Gasteiger partial charge in [-0.2, -0.15) is 4.98 Å². The Morgan fingerprint density at radius 2 is 1.89 bits per heavy atom. The topological polar surface area (TPSA) is 44.3 Å². The van der Waals surface area contributed by atoms with Crippen molar-refractivity contribution in [3.8, 4) is 0 Å². The van der Waals surface area contributed by atoms with Gasteiger partial charge in [-0.3, -0.25) is 0 Å². The van der Waals surface area contributed by atoms with E-state index in [2.05, 4.69) is 15.2 Å². The quantitative estimate of drug-likeness (QED) is 0.821. The second kappa shape index (κ2) is 4.72. The summed E-state index contributed by atoms with van der Waals surface area (Å²) in [5.74, 6) is 2.03. The summed E-state index contributed by atoms with van der Waals surface area (Å²) < 4.78 is 0. The van der Waals surface area contributed by atoms with Gasteiger partial charge in [0, 0.05) is 45.8 Å². The van der Waals surface area contributed by atoms with Gasteiger partial charge >= 0.3 is 0 Å². The lowest BCUT2D eigenvalue weighted by Crippen LogP contribution is -2.44. The van der Waals surface area contributed by atoms with Crippen LogP contribution in [-0.4, -0.2) is 50.2 Å². The van der Waals surface area contributed by atoms with Crippen LogP contribution >= 0.6 is 0 Å². The van der Waals surface area contributed by atoms with E-state index in [0.29, 0.717) is 0 Å². The molecule has 0 unspecified atom stereocenters. The number of anilines is 2. The highest BCUT2D eigenvalue weighted by Gasteiger charge is 2.24. The first kappa shape index (κ1) is 11.7. The van der Waals surface area contributed by atoms with Gasteiger partial charge in [0.05, 0.1) is 5.69 Å². The smallest absolute Gasteiger partial charge is 0.227 e. The van der Waals surface area contributed by atoms with Crippen molar-refractivity contribution in [3.05, 3.63) is 11.3 Å². The van der Waals surface area contributed by atoms with E-state index < -0.39 is 0 Å². The van der Waals surface area contributed by atoms with Crippen LogP contribution in [0.1, 0.15) is 17.7 Å². The number of piperazine rings is 1. The highest BCUT2D eigenvalue weighted by atomic mass is 15.3. The van der Waals surface area contributed by atoms with Crippen molar-refractivity contribution >= 4 is 11.8 Å². The van der Waals surface area contributed by atoms with Gasteiger partial charge < -0.3 is 15.1 Å². The Balaban J connectivity index is 2.00. The van der Waals surface area contributed by atoms with Crippen LogP contribution in [0.4, 0.5) is 11.8 Å². The molecule has 98 valence electrons. The van der Waals surface area contributed by atoms with Crippen molar-refractivity contribution in [2.45, 2.75) is 19.3 Å². The van der Waals surface area contributed by atoms with Crippen molar-refractivity contribution in [1.29, 1.82) is 0 Å². The molecular weight excluding hydrogens is 226 g/mol. The fraction of sp³-hybridized carbons (Fsp3) is 0.692. The molecule has 1 aromatic heterocycles. The van der Waals surface area contributed by atoms with E-state index in [0.717, 1.165) is 45.0 Å². The molecule has 18 heavy (non-hydrogen) atoms. The Bertz CT molecular complexity index is 437. The maximum Gasteiger partial charge on any atom is 0.227 e. The van der Waals surface area contributed by atoms with Gasteiger partial charge in [-0.05, 0) is 19.3 Å². The molecule has 1 fully saturated rings. The van der Waals surface area contributed by atoms with Gasteiger partial charge in [0.2, 0.25) is 5.95 Å². The predicted molar refractivity (Wildman–Crippen MR) is 73.5 cm³/mol. The molecule has 0 aromatic carbocycles. The van der Waals surface area contributed by atoms with Crippen LogP contribution in [0.15, 0.2) is 0 Å². The minimum Gasteiger partial charge on any atom is -0.354 e. The number of nitrogens with zero attached hydrogens (tertiary/aromatic N) is 4. The molecule has 5 heteroatoms. The summed E-state index contributed by atoms with van der Waals surface area (Å²) in [6.45, 7) is 4.21. The molecule has 5 nitrogen and oxygen atoms in total. The van der Waals surface area contributed by atoms with Crippen LogP contribution in [0.2, 0.25) is 0 Å². The molecular formula is C13H21N5. The lowest BCUT2D eigenvalue weighted by Gasteiger charge is -2.30. The maximum atomic E-state index is 4.78. The Kier molecular flexibility index (Phi) is 3.07. The Hall–Kier alpha value is -1.36. The summed E-state index contributed by atoms with van der Waals surface area (Å²) in [7, 11) is 4.02. The zero-order chi connectivity index (χ0) is 12.5. The van der Waals surface area contributed by atoms with E-state index in [-0.39, 0.29) is 0 Å². The Morgan fingerprint density at radius 1 is 1.11 bits per heavy atom. The molecule has 2 heterocycles. The monoisotopic (exact) mass is 247 g/mol. The lowest BCUT2D eigenvalue weighted by molar-refractivity contribution is 0.583. The van der Waals surface area contributed by atoms with Crippen LogP contribution in [-0.2, 0) is 12.8 Å². The first-order chi connectivity index (χ1) is 8.75. The van der Waals surface area contributed by atoms with Crippen molar-refractivity contribution in [3.63, 3.8) is 0 Å². The van der Waals surface area contributed by atoms with Crippen LogP contribution in [0.25, 0.3) is 0 Å². The largest absolute Gasteiger partial charge is 0.354 e. The van der Waals surface area contributed by atoms with Crippen LogP contribution < -0.4 is 15.1 Å². The molecule has 1 aliphatic carbocycles.